The highest BCUT2D eigenvalue weighted by atomic mass is 16.5. The summed E-state index contributed by atoms with van der Waals surface area (Å²) in [4.78, 5) is 2.48. The Bertz CT molecular complexity index is 671. The van der Waals surface area contributed by atoms with E-state index in [0.29, 0.717) is 5.92 Å². The molecule has 0 amide bonds. The summed E-state index contributed by atoms with van der Waals surface area (Å²) in [7, 11) is 0. The first-order chi connectivity index (χ1) is 12.4. The summed E-state index contributed by atoms with van der Waals surface area (Å²) in [5, 5.41) is 6.40. The van der Waals surface area contributed by atoms with Crippen LogP contribution in [0.15, 0.2) is 54.6 Å². The summed E-state index contributed by atoms with van der Waals surface area (Å²) >= 11 is 0. The van der Waals surface area contributed by atoms with Crippen LogP contribution >= 0.6 is 0 Å². The number of ether oxygens (including phenoxy) is 1. The number of hydrogen-bond donors (Lipinski definition) is 1. The first-order valence-corrected chi connectivity index (χ1v) is 9.48. The minimum atomic E-state index is 0.506. The van der Waals surface area contributed by atoms with Gasteiger partial charge in [-0.2, -0.15) is 0 Å². The van der Waals surface area contributed by atoms with Crippen molar-refractivity contribution >= 4 is 10.8 Å². The van der Waals surface area contributed by atoms with Crippen molar-refractivity contribution in [1.29, 1.82) is 0 Å². The predicted octanol–water partition coefficient (Wildman–Crippen LogP) is 3.81. The number of nitrogens with zero attached hydrogens (tertiary/aromatic N) is 1. The third-order valence-electron chi connectivity index (χ3n) is 5.02. The van der Waals surface area contributed by atoms with E-state index in [1.165, 1.54) is 16.3 Å². The zero-order chi connectivity index (χ0) is 17.3. The molecule has 2 aromatic rings. The average molecular weight is 338 g/mol. The van der Waals surface area contributed by atoms with Crippen molar-refractivity contribution < 1.29 is 4.74 Å². The van der Waals surface area contributed by atoms with Crippen LogP contribution in [-0.4, -0.2) is 50.8 Å². The second kappa shape index (κ2) is 9.71. The van der Waals surface area contributed by atoms with Crippen LogP contribution in [0.25, 0.3) is 10.8 Å². The molecule has 0 aliphatic carbocycles. The van der Waals surface area contributed by atoms with Crippen LogP contribution in [0.4, 0.5) is 0 Å². The lowest BCUT2D eigenvalue weighted by Crippen LogP contribution is -2.40. The molecule has 2 aromatic carbocycles. The maximum atomic E-state index is 5.42. The molecule has 1 heterocycles. The van der Waals surface area contributed by atoms with Crippen LogP contribution in [0.3, 0.4) is 0 Å². The van der Waals surface area contributed by atoms with E-state index < -0.39 is 0 Å². The van der Waals surface area contributed by atoms with Gasteiger partial charge in [0.05, 0.1) is 13.2 Å². The fourth-order valence-electron chi connectivity index (χ4n) is 3.57. The van der Waals surface area contributed by atoms with Crippen molar-refractivity contribution in [3.63, 3.8) is 0 Å². The van der Waals surface area contributed by atoms with Crippen LogP contribution in [0.5, 0.6) is 0 Å². The van der Waals surface area contributed by atoms with Crippen molar-refractivity contribution in [2.45, 2.75) is 19.3 Å². The Morgan fingerprint density at radius 1 is 1.12 bits per heavy atom. The predicted molar refractivity (Wildman–Crippen MR) is 106 cm³/mol. The summed E-state index contributed by atoms with van der Waals surface area (Å²) < 4.78 is 5.42. The summed E-state index contributed by atoms with van der Waals surface area (Å²) in [5.41, 5.74) is 1.45. The summed E-state index contributed by atoms with van der Waals surface area (Å²) in [5.74, 6) is 0.506. The van der Waals surface area contributed by atoms with Gasteiger partial charge in [0, 0.05) is 38.6 Å². The molecule has 0 aromatic heterocycles. The van der Waals surface area contributed by atoms with Gasteiger partial charge in [0.2, 0.25) is 0 Å². The lowest BCUT2D eigenvalue weighted by atomic mass is 9.90. The molecule has 134 valence electrons. The number of morpholine rings is 1. The van der Waals surface area contributed by atoms with Gasteiger partial charge in [0.1, 0.15) is 0 Å². The first kappa shape index (κ1) is 18.1. The molecule has 0 saturated carbocycles. The van der Waals surface area contributed by atoms with E-state index in [9.17, 15) is 0 Å². The van der Waals surface area contributed by atoms with Crippen molar-refractivity contribution in [3.8, 4) is 0 Å². The molecule has 3 nitrogen and oxygen atoms in total. The average Bonchev–Trinajstić information content (AvgIpc) is 2.68. The summed E-state index contributed by atoms with van der Waals surface area (Å²) in [6.07, 6.45) is 5.52. The lowest BCUT2D eigenvalue weighted by Gasteiger charge is -2.27. The van der Waals surface area contributed by atoms with Crippen LogP contribution in [-0.2, 0) is 4.74 Å². The van der Waals surface area contributed by atoms with Gasteiger partial charge in [-0.05, 0) is 29.7 Å². The molecule has 0 radical (unpaired) electrons. The molecule has 3 rings (SSSR count). The number of hydrogen-bond acceptors (Lipinski definition) is 3. The molecule has 3 heteroatoms. The number of fused-ring (bicyclic) bond motifs is 1. The van der Waals surface area contributed by atoms with Crippen molar-refractivity contribution in [2.75, 3.05) is 45.9 Å². The van der Waals surface area contributed by atoms with E-state index in [4.69, 9.17) is 4.74 Å². The second-order valence-corrected chi connectivity index (χ2v) is 6.73. The number of allylic oxidation sites excluding steroid dienone is 2. The fraction of sp³-hybridized carbons (Fsp3) is 0.455. The van der Waals surface area contributed by atoms with Crippen molar-refractivity contribution in [3.05, 3.63) is 60.2 Å². The van der Waals surface area contributed by atoms with Gasteiger partial charge in [-0.1, -0.05) is 54.6 Å². The Morgan fingerprint density at radius 3 is 2.76 bits per heavy atom. The van der Waals surface area contributed by atoms with E-state index >= 15 is 0 Å². The Labute approximate surface area is 151 Å². The van der Waals surface area contributed by atoms with Crippen molar-refractivity contribution in [2.24, 2.45) is 0 Å². The zero-order valence-corrected chi connectivity index (χ0v) is 15.3. The minimum Gasteiger partial charge on any atom is -0.379 e. The van der Waals surface area contributed by atoms with Gasteiger partial charge in [-0.15, -0.1) is 0 Å². The number of nitrogens with one attached hydrogen (secondary N) is 1. The Morgan fingerprint density at radius 2 is 1.92 bits per heavy atom. The monoisotopic (exact) mass is 338 g/mol. The molecule has 0 spiro atoms. The molecule has 1 unspecified atom stereocenters. The maximum Gasteiger partial charge on any atom is 0.0594 e. The minimum absolute atomic E-state index is 0.506. The molecule has 25 heavy (non-hydrogen) atoms. The van der Waals surface area contributed by atoms with Gasteiger partial charge in [-0.25, -0.2) is 0 Å². The largest absolute Gasteiger partial charge is 0.379 e. The quantitative estimate of drug-likeness (QED) is 0.585. The highest BCUT2D eigenvalue weighted by Crippen LogP contribution is 2.28. The zero-order valence-electron chi connectivity index (χ0n) is 15.3. The Kier molecular flexibility index (Phi) is 7.04. The molecule has 1 atom stereocenters. The Balaban J connectivity index is 1.62. The molecular weight excluding hydrogens is 308 g/mol. The van der Waals surface area contributed by atoms with Gasteiger partial charge in [0.15, 0.2) is 0 Å². The summed E-state index contributed by atoms with van der Waals surface area (Å²) in [6.45, 7) is 9.14. The molecular formula is C22H30N2O. The smallest absolute Gasteiger partial charge is 0.0594 e. The molecule has 0 bridgehead atoms. The second-order valence-electron chi connectivity index (χ2n) is 6.73. The van der Waals surface area contributed by atoms with Gasteiger partial charge in [-0.3, -0.25) is 4.90 Å². The van der Waals surface area contributed by atoms with E-state index in [2.05, 4.69) is 71.8 Å². The number of benzene rings is 2. The van der Waals surface area contributed by atoms with E-state index in [-0.39, 0.29) is 0 Å². The maximum absolute atomic E-state index is 5.42. The standard InChI is InChI=1S/C22H30N2O/c1-2-3-7-20(18-23-12-13-24-14-16-25-17-15-24)22-11-6-9-19-8-4-5-10-21(19)22/h2-6,8-11,20,23H,7,12-18H2,1H3. The van der Waals surface area contributed by atoms with Crippen LogP contribution in [0.2, 0.25) is 0 Å². The van der Waals surface area contributed by atoms with Crippen LogP contribution in [0, 0.1) is 0 Å². The molecule has 1 N–H and O–H groups in total. The molecule has 1 saturated heterocycles. The third kappa shape index (κ3) is 5.15. The third-order valence-corrected chi connectivity index (χ3v) is 5.02. The van der Waals surface area contributed by atoms with Crippen LogP contribution < -0.4 is 5.32 Å². The number of rotatable bonds is 8. The fourth-order valence-corrected chi connectivity index (χ4v) is 3.57. The van der Waals surface area contributed by atoms with Crippen molar-refractivity contribution in [1.82, 2.24) is 10.2 Å². The Hall–Kier alpha value is -1.68. The normalized spacial score (nSPS) is 17.3. The highest BCUT2D eigenvalue weighted by Gasteiger charge is 2.14. The first-order valence-electron chi connectivity index (χ1n) is 9.48. The highest BCUT2D eigenvalue weighted by molar-refractivity contribution is 5.86. The van der Waals surface area contributed by atoms with E-state index in [0.717, 1.165) is 52.4 Å². The van der Waals surface area contributed by atoms with Gasteiger partial charge in [0.25, 0.3) is 0 Å². The molecule has 1 aliphatic rings. The SMILES string of the molecule is CC=CCC(CNCCN1CCOCC1)c1cccc2ccccc12. The van der Waals surface area contributed by atoms with Gasteiger partial charge < -0.3 is 10.1 Å². The van der Waals surface area contributed by atoms with Crippen LogP contribution in [0.1, 0.15) is 24.8 Å². The lowest BCUT2D eigenvalue weighted by molar-refractivity contribution is 0.0384. The van der Waals surface area contributed by atoms with E-state index in [1.54, 1.807) is 0 Å². The van der Waals surface area contributed by atoms with E-state index in [1.807, 2.05) is 0 Å². The topological polar surface area (TPSA) is 24.5 Å². The summed E-state index contributed by atoms with van der Waals surface area (Å²) in [6, 6.07) is 15.4. The molecule has 1 aliphatic heterocycles. The van der Waals surface area contributed by atoms with Gasteiger partial charge >= 0.3 is 0 Å². The molecule has 1 fully saturated rings.